The number of hydrogen-bond donors (Lipinski definition) is 2. The van der Waals surface area contributed by atoms with Gasteiger partial charge in [-0.3, -0.25) is 0 Å². The Balaban J connectivity index is 2.34. The Hall–Kier alpha value is -1.11. The standard InChI is InChI=1S/C16H26N2O3S/c1-12-7-9-14(10-8-12)18(11-13(2)19)22(20,21)16-6-4-3-5-15(16)17/h3-6,12-14,19H,7-11,17H2,1-2H3/t12?,13-,14?/m1/s1. The molecule has 1 aromatic rings. The number of benzene rings is 1. The van der Waals surface area contributed by atoms with Crippen molar-refractivity contribution in [3.8, 4) is 0 Å². The van der Waals surface area contributed by atoms with Gasteiger partial charge in [-0.15, -0.1) is 0 Å². The maximum absolute atomic E-state index is 13.0. The molecule has 1 fully saturated rings. The quantitative estimate of drug-likeness (QED) is 0.813. The highest BCUT2D eigenvalue weighted by Crippen LogP contribution is 2.32. The molecule has 1 atom stereocenters. The Morgan fingerprint density at radius 2 is 1.86 bits per heavy atom. The molecule has 0 amide bonds. The zero-order chi connectivity index (χ0) is 16.3. The Morgan fingerprint density at radius 3 is 2.41 bits per heavy atom. The van der Waals surface area contributed by atoms with E-state index < -0.39 is 16.1 Å². The van der Waals surface area contributed by atoms with Crippen LogP contribution in [0, 0.1) is 5.92 Å². The van der Waals surface area contributed by atoms with Crippen LogP contribution in [0.15, 0.2) is 29.2 Å². The van der Waals surface area contributed by atoms with Crippen molar-refractivity contribution < 1.29 is 13.5 Å². The van der Waals surface area contributed by atoms with Crippen molar-refractivity contribution in [1.82, 2.24) is 4.31 Å². The predicted molar refractivity (Wildman–Crippen MR) is 87.8 cm³/mol. The lowest BCUT2D eigenvalue weighted by Gasteiger charge is -2.36. The van der Waals surface area contributed by atoms with Gasteiger partial charge in [-0.05, 0) is 50.7 Å². The summed E-state index contributed by atoms with van der Waals surface area (Å²) in [7, 11) is -3.70. The van der Waals surface area contributed by atoms with Crippen molar-refractivity contribution in [2.45, 2.75) is 56.6 Å². The van der Waals surface area contributed by atoms with Gasteiger partial charge in [-0.1, -0.05) is 19.1 Å². The van der Waals surface area contributed by atoms with E-state index in [2.05, 4.69) is 6.92 Å². The summed E-state index contributed by atoms with van der Waals surface area (Å²) in [5.41, 5.74) is 6.11. The lowest BCUT2D eigenvalue weighted by molar-refractivity contribution is 0.130. The van der Waals surface area contributed by atoms with Gasteiger partial charge >= 0.3 is 0 Å². The number of nitrogens with two attached hydrogens (primary N) is 1. The third kappa shape index (κ3) is 3.80. The van der Waals surface area contributed by atoms with Crippen LogP contribution >= 0.6 is 0 Å². The molecule has 124 valence electrons. The van der Waals surface area contributed by atoms with Crippen LogP contribution in [-0.2, 0) is 10.0 Å². The molecule has 0 aromatic heterocycles. The molecule has 1 aliphatic rings. The highest BCUT2D eigenvalue weighted by molar-refractivity contribution is 7.89. The smallest absolute Gasteiger partial charge is 0.245 e. The van der Waals surface area contributed by atoms with Crippen LogP contribution in [0.25, 0.3) is 0 Å². The minimum Gasteiger partial charge on any atom is -0.398 e. The molecule has 3 N–H and O–H groups in total. The number of para-hydroxylation sites is 1. The van der Waals surface area contributed by atoms with E-state index in [1.807, 2.05) is 0 Å². The first-order valence-electron chi connectivity index (χ1n) is 7.86. The summed E-state index contributed by atoms with van der Waals surface area (Å²) in [4.78, 5) is 0.134. The monoisotopic (exact) mass is 326 g/mol. The molecule has 2 rings (SSSR count). The molecule has 5 nitrogen and oxygen atoms in total. The van der Waals surface area contributed by atoms with Crippen LogP contribution in [0.4, 0.5) is 5.69 Å². The van der Waals surface area contributed by atoms with E-state index in [9.17, 15) is 13.5 Å². The lowest BCUT2D eigenvalue weighted by atomic mass is 9.87. The van der Waals surface area contributed by atoms with E-state index in [1.165, 1.54) is 10.4 Å². The second-order valence-electron chi connectivity index (χ2n) is 6.38. The van der Waals surface area contributed by atoms with E-state index >= 15 is 0 Å². The summed E-state index contributed by atoms with van der Waals surface area (Å²) < 4.78 is 27.5. The summed E-state index contributed by atoms with van der Waals surface area (Å²) in [6, 6.07) is 6.46. The molecular formula is C16H26N2O3S. The zero-order valence-electron chi connectivity index (χ0n) is 13.3. The van der Waals surface area contributed by atoms with Gasteiger partial charge in [-0.2, -0.15) is 4.31 Å². The zero-order valence-corrected chi connectivity index (χ0v) is 14.1. The molecule has 0 radical (unpaired) electrons. The van der Waals surface area contributed by atoms with E-state index in [-0.39, 0.29) is 23.2 Å². The van der Waals surface area contributed by atoms with E-state index in [0.29, 0.717) is 5.92 Å². The van der Waals surface area contributed by atoms with Gasteiger partial charge in [0.1, 0.15) is 4.90 Å². The fourth-order valence-electron chi connectivity index (χ4n) is 3.08. The maximum atomic E-state index is 13.0. The maximum Gasteiger partial charge on any atom is 0.245 e. The number of aliphatic hydroxyl groups excluding tert-OH is 1. The highest BCUT2D eigenvalue weighted by atomic mass is 32.2. The van der Waals surface area contributed by atoms with Crippen LogP contribution < -0.4 is 5.73 Å². The number of nitrogens with zero attached hydrogens (tertiary/aromatic N) is 1. The summed E-state index contributed by atoms with van der Waals surface area (Å²) in [6.45, 7) is 3.91. The molecule has 0 unspecified atom stereocenters. The minimum absolute atomic E-state index is 0.0598. The van der Waals surface area contributed by atoms with Crippen molar-refractivity contribution in [2.75, 3.05) is 12.3 Å². The van der Waals surface area contributed by atoms with Crippen molar-refractivity contribution in [1.29, 1.82) is 0 Å². The van der Waals surface area contributed by atoms with E-state index in [0.717, 1.165) is 25.7 Å². The molecule has 0 aliphatic heterocycles. The van der Waals surface area contributed by atoms with Crippen LogP contribution in [0.3, 0.4) is 0 Å². The Morgan fingerprint density at radius 1 is 1.27 bits per heavy atom. The van der Waals surface area contributed by atoms with Crippen LogP contribution in [0.2, 0.25) is 0 Å². The molecule has 22 heavy (non-hydrogen) atoms. The average molecular weight is 326 g/mol. The van der Waals surface area contributed by atoms with Gasteiger partial charge in [0.25, 0.3) is 0 Å². The second kappa shape index (κ2) is 6.98. The number of rotatable bonds is 5. The van der Waals surface area contributed by atoms with Crippen molar-refractivity contribution in [3.05, 3.63) is 24.3 Å². The van der Waals surface area contributed by atoms with Crippen molar-refractivity contribution in [2.24, 2.45) is 5.92 Å². The summed E-state index contributed by atoms with van der Waals surface area (Å²) in [5.74, 6) is 0.633. The topological polar surface area (TPSA) is 83.6 Å². The largest absolute Gasteiger partial charge is 0.398 e. The van der Waals surface area contributed by atoms with E-state index in [1.54, 1.807) is 25.1 Å². The Labute approximate surface area is 133 Å². The average Bonchev–Trinajstić information content (AvgIpc) is 2.46. The molecular weight excluding hydrogens is 300 g/mol. The number of nitrogen functional groups attached to an aromatic ring is 1. The van der Waals surface area contributed by atoms with Gasteiger partial charge in [0.15, 0.2) is 0 Å². The van der Waals surface area contributed by atoms with E-state index in [4.69, 9.17) is 5.73 Å². The summed E-state index contributed by atoms with van der Waals surface area (Å²) in [5, 5.41) is 9.75. The Bertz CT molecular complexity index is 593. The van der Waals surface area contributed by atoms with Gasteiger partial charge in [0, 0.05) is 12.6 Å². The third-order valence-electron chi connectivity index (χ3n) is 4.34. The first-order chi connectivity index (χ1) is 10.3. The minimum atomic E-state index is -3.70. The summed E-state index contributed by atoms with van der Waals surface area (Å²) >= 11 is 0. The van der Waals surface area contributed by atoms with Crippen LogP contribution in [0.1, 0.15) is 39.5 Å². The highest BCUT2D eigenvalue weighted by Gasteiger charge is 2.35. The summed E-state index contributed by atoms with van der Waals surface area (Å²) in [6.07, 6.45) is 2.99. The van der Waals surface area contributed by atoms with Crippen LogP contribution in [-0.4, -0.2) is 36.5 Å². The number of anilines is 1. The fraction of sp³-hybridized carbons (Fsp3) is 0.625. The van der Waals surface area contributed by atoms with Gasteiger partial charge in [0.05, 0.1) is 11.8 Å². The second-order valence-corrected chi connectivity index (χ2v) is 8.23. The molecule has 0 bridgehead atoms. The molecule has 1 aliphatic carbocycles. The van der Waals surface area contributed by atoms with Crippen molar-refractivity contribution in [3.63, 3.8) is 0 Å². The van der Waals surface area contributed by atoms with Crippen LogP contribution in [0.5, 0.6) is 0 Å². The normalized spacial score (nSPS) is 24.4. The number of aliphatic hydroxyl groups is 1. The van der Waals surface area contributed by atoms with Gasteiger partial charge in [-0.25, -0.2) is 8.42 Å². The number of hydrogen-bond acceptors (Lipinski definition) is 4. The molecule has 1 aromatic carbocycles. The molecule has 0 saturated heterocycles. The first kappa shape index (κ1) is 17.2. The fourth-order valence-corrected chi connectivity index (χ4v) is 4.96. The molecule has 6 heteroatoms. The van der Waals surface area contributed by atoms with Gasteiger partial charge in [0.2, 0.25) is 10.0 Å². The molecule has 0 heterocycles. The lowest BCUT2D eigenvalue weighted by Crippen LogP contribution is -2.45. The third-order valence-corrected chi connectivity index (χ3v) is 6.33. The first-order valence-corrected chi connectivity index (χ1v) is 9.30. The van der Waals surface area contributed by atoms with Crippen molar-refractivity contribution >= 4 is 15.7 Å². The SMILES string of the molecule is CC1CCC(N(C[C@@H](C)O)S(=O)(=O)c2ccccc2N)CC1. The Kier molecular flexibility index (Phi) is 5.47. The molecule has 0 spiro atoms. The number of sulfonamides is 1. The predicted octanol–water partition coefficient (Wildman–Crippen LogP) is 2.22. The van der Waals surface area contributed by atoms with Gasteiger partial charge < -0.3 is 10.8 Å². The molecule has 1 saturated carbocycles.